The van der Waals surface area contributed by atoms with Crippen molar-refractivity contribution in [2.75, 3.05) is 0 Å². The number of benzene rings is 1. The molecule has 122 valence electrons. The lowest BCUT2D eigenvalue weighted by Crippen LogP contribution is -2.14. The Hall–Kier alpha value is -1.52. The van der Waals surface area contributed by atoms with Crippen molar-refractivity contribution in [3.63, 3.8) is 0 Å². The average Bonchev–Trinajstić information content (AvgIpc) is 2.81. The summed E-state index contributed by atoms with van der Waals surface area (Å²) in [7, 11) is 0. The highest BCUT2D eigenvalue weighted by Crippen LogP contribution is 2.15. The van der Waals surface area contributed by atoms with Crippen LogP contribution in [0, 0.1) is 11.3 Å². The molecule has 0 aliphatic rings. The van der Waals surface area contributed by atoms with Crippen LogP contribution in [0.5, 0.6) is 0 Å². The van der Waals surface area contributed by atoms with Crippen LogP contribution in [-0.2, 0) is 6.54 Å². The fraction of sp³-hybridized carbons (Fsp3) is 0.375. The van der Waals surface area contributed by atoms with E-state index < -0.39 is 0 Å². The number of aromatic amines is 1. The summed E-state index contributed by atoms with van der Waals surface area (Å²) in [4.78, 5) is 12.0. The molecule has 2 rings (SSSR count). The van der Waals surface area contributed by atoms with Gasteiger partial charge in [0.25, 0.3) is 5.56 Å². The first-order valence-electron chi connectivity index (χ1n) is 7.01. The molecule has 1 aromatic heterocycles. The van der Waals surface area contributed by atoms with Gasteiger partial charge in [0, 0.05) is 18.5 Å². The van der Waals surface area contributed by atoms with Crippen LogP contribution in [0.4, 0.5) is 0 Å². The van der Waals surface area contributed by atoms with Crippen LogP contribution in [0.1, 0.15) is 26.7 Å². The molecule has 1 unspecified atom stereocenters. The lowest BCUT2D eigenvalue weighted by Gasteiger charge is -2.13. The average molecular weight is 344 g/mol. The van der Waals surface area contributed by atoms with Crippen molar-refractivity contribution in [1.82, 2.24) is 9.78 Å². The molecule has 0 saturated heterocycles. The number of hydrogen-bond acceptors (Lipinski definition) is 2. The van der Waals surface area contributed by atoms with E-state index in [0.29, 0.717) is 17.2 Å². The fourth-order valence-corrected chi connectivity index (χ4v) is 2.40. The summed E-state index contributed by atoms with van der Waals surface area (Å²) in [6.07, 6.45) is 3.71. The third-order valence-electron chi connectivity index (χ3n) is 3.68. The first-order chi connectivity index (χ1) is 9.61. The molecule has 0 amide bonds. The standard InChI is InChI=1S/C16H21N3O.2ClH/c1-3-13(12(2)17)9-10-19-11-15(16(20)18-19)14-7-5-4-6-8-14;;/h4-8,11,13,17H,3,9-10H2,1-2H3,(H,18,20);2*1H. The van der Waals surface area contributed by atoms with Crippen LogP contribution in [-0.4, -0.2) is 15.5 Å². The van der Waals surface area contributed by atoms with Gasteiger partial charge in [-0.2, -0.15) is 0 Å². The zero-order chi connectivity index (χ0) is 14.5. The molecule has 0 fully saturated rings. The number of aromatic nitrogens is 2. The predicted octanol–water partition coefficient (Wildman–Crippen LogP) is 4.14. The molecule has 2 aromatic rings. The maximum atomic E-state index is 12.0. The van der Waals surface area contributed by atoms with E-state index in [-0.39, 0.29) is 30.4 Å². The van der Waals surface area contributed by atoms with E-state index in [9.17, 15) is 4.79 Å². The quantitative estimate of drug-likeness (QED) is 0.760. The lowest BCUT2D eigenvalue weighted by molar-refractivity contribution is 0.497. The maximum Gasteiger partial charge on any atom is 0.271 e. The minimum absolute atomic E-state index is 0. The number of H-pyrrole nitrogens is 1. The Bertz CT molecular complexity index is 634. The van der Waals surface area contributed by atoms with E-state index in [2.05, 4.69) is 12.0 Å². The van der Waals surface area contributed by atoms with E-state index in [1.165, 1.54) is 0 Å². The second-order valence-corrected chi connectivity index (χ2v) is 5.12. The smallest absolute Gasteiger partial charge is 0.271 e. The van der Waals surface area contributed by atoms with E-state index in [1.54, 1.807) is 0 Å². The Morgan fingerprint density at radius 1 is 1.27 bits per heavy atom. The minimum Gasteiger partial charge on any atom is -0.310 e. The van der Waals surface area contributed by atoms with Crippen LogP contribution in [0.15, 0.2) is 41.3 Å². The van der Waals surface area contributed by atoms with E-state index in [4.69, 9.17) is 5.41 Å². The number of halogens is 2. The van der Waals surface area contributed by atoms with Gasteiger partial charge in [-0.1, -0.05) is 37.3 Å². The molecule has 2 N–H and O–H groups in total. The van der Waals surface area contributed by atoms with Crippen LogP contribution < -0.4 is 5.56 Å². The van der Waals surface area contributed by atoms with Crippen molar-refractivity contribution >= 4 is 30.5 Å². The molecule has 1 aromatic carbocycles. The number of aryl methyl sites for hydroxylation is 1. The van der Waals surface area contributed by atoms with Crippen LogP contribution in [0.25, 0.3) is 11.1 Å². The largest absolute Gasteiger partial charge is 0.310 e. The molecule has 1 heterocycles. The van der Waals surface area contributed by atoms with Crippen LogP contribution in [0.3, 0.4) is 0 Å². The summed E-state index contributed by atoms with van der Waals surface area (Å²) in [5.41, 5.74) is 2.29. The van der Waals surface area contributed by atoms with E-state index in [1.807, 2.05) is 48.1 Å². The molecule has 0 bridgehead atoms. The van der Waals surface area contributed by atoms with Gasteiger partial charge in [0.1, 0.15) is 0 Å². The summed E-state index contributed by atoms with van der Waals surface area (Å²) in [5.74, 6) is 0.293. The second-order valence-electron chi connectivity index (χ2n) is 5.12. The van der Waals surface area contributed by atoms with E-state index >= 15 is 0 Å². The van der Waals surface area contributed by atoms with Gasteiger partial charge in [-0.3, -0.25) is 14.6 Å². The maximum absolute atomic E-state index is 12.0. The molecule has 6 heteroatoms. The van der Waals surface area contributed by atoms with Crippen molar-refractivity contribution in [3.05, 3.63) is 46.9 Å². The Morgan fingerprint density at radius 3 is 2.45 bits per heavy atom. The summed E-state index contributed by atoms with van der Waals surface area (Å²) in [6.45, 7) is 4.68. The third kappa shape index (κ3) is 5.04. The molecular formula is C16H23Cl2N3O. The first-order valence-corrected chi connectivity index (χ1v) is 7.01. The summed E-state index contributed by atoms with van der Waals surface area (Å²) < 4.78 is 1.83. The van der Waals surface area contributed by atoms with Gasteiger partial charge in [0.15, 0.2) is 0 Å². The molecule has 1 atom stereocenters. The molecule has 0 aliphatic heterocycles. The Labute approximate surface area is 143 Å². The van der Waals surface area contributed by atoms with Gasteiger partial charge in [-0.05, 0) is 31.2 Å². The molecule has 0 spiro atoms. The van der Waals surface area contributed by atoms with Gasteiger partial charge >= 0.3 is 0 Å². The Morgan fingerprint density at radius 2 is 1.91 bits per heavy atom. The summed E-state index contributed by atoms with van der Waals surface area (Å²) >= 11 is 0. The molecule has 0 saturated carbocycles. The summed E-state index contributed by atoms with van der Waals surface area (Å²) in [5, 5.41) is 10.6. The number of rotatable bonds is 6. The van der Waals surface area contributed by atoms with Gasteiger partial charge in [-0.25, -0.2) is 0 Å². The summed E-state index contributed by atoms with van der Waals surface area (Å²) in [6, 6.07) is 9.67. The van der Waals surface area contributed by atoms with Gasteiger partial charge in [0.05, 0.1) is 5.56 Å². The minimum atomic E-state index is -0.0594. The fourth-order valence-electron chi connectivity index (χ4n) is 2.40. The highest BCUT2D eigenvalue weighted by atomic mass is 35.5. The van der Waals surface area contributed by atoms with Crippen molar-refractivity contribution in [1.29, 1.82) is 5.41 Å². The molecular weight excluding hydrogens is 321 g/mol. The third-order valence-corrected chi connectivity index (χ3v) is 3.68. The van der Waals surface area contributed by atoms with Gasteiger partial charge < -0.3 is 5.41 Å². The highest BCUT2D eigenvalue weighted by Gasteiger charge is 2.10. The number of nitrogens with zero attached hydrogens (tertiary/aromatic N) is 1. The van der Waals surface area contributed by atoms with Crippen LogP contribution >= 0.6 is 24.8 Å². The predicted molar refractivity (Wildman–Crippen MR) is 96.8 cm³/mol. The Kier molecular flexibility index (Phi) is 8.83. The zero-order valence-corrected chi connectivity index (χ0v) is 14.5. The Balaban J connectivity index is 0.00000220. The monoisotopic (exact) mass is 343 g/mol. The van der Waals surface area contributed by atoms with Crippen molar-refractivity contribution in [2.45, 2.75) is 33.2 Å². The highest BCUT2D eigenvalue weighted by molar-refractivity contribution is 5.85. The van der Waals surface area contributed by atoms with Crippen LogP contribution in [0.2, 0.25) is 0 Å². The van der Waals surface area contributed by atoms with Crippen molar-refractivity contribution in [2.24, 2.45) is 5.92 Å². The van der Waals surface area contributed by atoms with Gasteiger partial charge in [0.2, 0.25) is 0 Å². The second kappa shape index (κ2) is 9.49. The molecule has 4 nitrogen and oxygen atoms in total. The number of nitrogens with one attached hydrogen (secondary N) is 2. The first kappa shape index (κ1) is 20.5. The number of hydrogen-bond donors (Lipinski definition) is 2. The SMILES string of the molecule is CCC(CCn1cc(-c2ccccc2)c(=O)[nH]1)C(C)=N.Cl.Cl. The van der Waals surface area contributed by atoms with Gasteiger partial charge in [-0.15, -0.1) is 24.8 Å². The van der Waals surface area contributed by atoms with Crippen molar-refractivity contribution in [3.8, 4) is 11.1 Å². The molecule has 0 aliphatic carbocycles. The normalized spacial score (nSPS) is 11.2. The van der Waals surface area contributed by atoms with Crippen molar-refractivity contribution < 1.29 is 0 Å². The topological polar surface area (TPSA) is 61.6 Å². The lowest BCUT2D eigenvalue weighted by atomic mass is 9.98. The molecule has 22 heavy (non-hydrogen) atoms. The zero-order valence-electron chi connectivity index (χ0n) is 12.8. The molecule has 0 radical (unpaired) electrons. The van der Waals surface area contributed by atoms with E-state index in [0.717, 1.165) is 24.9 Å².